The van der Waals surface area contributed by atoms with E-state index in [1.807, 2.05) is 6.92 Å². The van der Waals surface area contributed by atoms with Crippen molar-refractivity contribution in [3.05, 3.63) is 53.3 Å². The number of nitrogens with one attached hydrogen (secondary N) is 1. The Morgan fingerprint density at radius 1 is 1.17 bits per heavy atom. The maximum Gasteiger partial charge on any atom is 0.162 e. The molecule has 2 aromatic rings. The molecular formula is C14H14FNO2. The van der Waals surface area contributed by atoms with E-state index in [1.165, 1.54) is 18.2 Å². The van der Waals surface area contributed by atoms with Crippen LogP contribution in [0.15, 0.2) is 36.4 Å². The van der Waals surface area contributed by atoms with E-state index in [2.05, 4.69) is 5.32 Å². The zero-order chi connectivity index (χ0) is 13.1. The van der Waals surface area contributed by atoms with Crippen molar-refractivity contribution >= 4 is 5.69 Å². The molecule has 4 heteroatoms. The van der Waals surface area contributed by atoms with Gasteiger partial charge in [-0.25, -0.2) is 4.39 Å². The van der Waals surface area contributed by atoms with E-state index in [9.17, 15) is 14.6 Å². The van der Waals surface area contributed by atoms with Gasteiger partial charge in [-0.05, 0) is 30.7 Å². The summed E-state index contributed by atoms with van der Waals surface area (Å²) in [4.78, 5) is 0. The Morgan fingerprint density at radius 3 is 2.72 bits per heavy atom. The van der Waals surface area contributed by atoms with E-state index in [0.717, 1.165) is 5.56 Å². The molecule has 2 aromatic carbocycles. The molecule has 0 saturated carbocycles. The molecule has 0 spiro atoms. The van der Waals surface area contributed by atoms with E-state index in [4.69, 9.17) is 0 Å². The summed E-state index contributed by atoms with van der Waals surface area (Å²) in [5, 5.41) is 22.0. The van der Waals surface area contributed by atoms with Gasteiger partial charge < -0.3 is 15.5 Å². The molecule has 0 aliphatic rings. The lowest BCUT2D eigenvalue weighted by Crippen LogP contribution is -2.01. The molecule has 3 nitrogen and oxygen atoms in total. The van der Waals surface area contributed by atoms with Crippen LogP contribution in [-0.2, 0) is 6.54 Å². The fourth-order valence-corrected chi connectivity index (χ4v) is 1.70. The second-order valence-corrected chi connectivity index (χ2v) is 4.10. The first kappa shape index (κ1) is 12.2. The van der Waals surface area contributed by atoms with Crippen molar-refractivity contribution < 1.29 is 14.6 Å². The molecule has 18 heavy (non-hydrogen) atoms. The van der Waals surface area contributed by atoms with Gasteiger partial charge in [0.1, 0.15) is 5.82 Å². The number of benzene rings is 2. The van der Waals surface area contributed by atoms with Gasteiger partial charge in [-0.1, -0.05) is 18.2 Å². The summed E-state index contributed by atoms with van der Waals surface area (Å²) < 4.78 is 13.1. The minimum atomic E-state index is -0.316. The van der Waals surface area contributed by atoms with Crippen LogP contribution in [0.3, 0.4) is 0 Å². The van der Waals surface area contributed by atoms with Crippen LogP contribution >= 0.6 is 0 Å². The van der Waals surface area contributed by atoms with Crippen LogP contribution in [-0.4, -0.2) is 10.2 Å². The van der Waals surface area contributed by atoms with Gasteiger partial charge in [0, 0.05) is 17.8 Å². The number of phenolic OH excluding ortho intramolecular Hbond substituents is 2. The molecule has 0 saturated heterocycles. The smallest absolute Gasteiger partial charge is 0.162 e. The highest BCUT2D eigenvalue weighted by Gasteiger charge is 2.06. The van der Waals surface area contributed by atoms with E-state index in [0.29, 0.717) is 17.8 Å². The minimum absolute atomic E-state index is 0.154. The first-order chi connectivity index (χ1) is 8.58. The Kier molecular flexibility index (Phi) is 3.37. The van der Waals surface area contributed by atoms with Crippen LogP contribution in [0.1, 0.15) is 11.1 Å². The number of aromatic hydroxyl groups is 2. The standard InChI is InChI=1S/C14H14FNO2/c1-9-5-6-11(15)7-12(9)16-8-10-3-2-4-13(17)14(10)18/h2-7,16-18H,8H2,1H3. The fourth-order valence-electron chi connectivity index (χ4n) is 1.70. The van der Waals surface area contributed by atoms with Gasteiger partial charge in [0.2, 0.25) is 0 Å². The summed E-state index contributed by atoms with van der Waals surface area (Å²) in [5.74, 6) is -0.632. The van der Waals surface area contributed by atoms with Crippen LogP contribution in [0.25, 0.3) is 0 Å². The molecule has 0 radical (unpaired) electrons. The van der Waals surface area contributed by atoms with E-state index in [1.54, 1.807) is 18.2 Å². The summed E-state index contributed by atoms with van der Waals surface area (Å²) >= 11 is 0. The summed E-state index contributed by atoms with van der Waals surface area (Å²) in [5.41, 5.74) is 2.13. The number of rotatable bonds is 3. The minimum Gasteiger partial charge on any atom is -0.504 e. The van der Waals surface area contributed by atoms with Crippen molar-refractivity contribution in [2.24, 2.45) is 0 Å². The highest BCUT2D eigenvalue weighted by atomic mass is 19.1. The summed E-state index contributed by atoms with van der Waals surface area (Å²) in [6, 6.07) is 9.22. The number of hydrogen-bond acceptors (Lipinski definition) is 3. The molecule has 0 fully saturated rings. The van der Waals surface area contributed by atoms with Crippen LogP contribution in [0.5, 0.6) is 11.5 Å². The number of phenols is 2. The molecule has 0 bridgehead atoms. The van der Waals surface area contributed by atoms with Gasteiger partial charge in [0.25, 0.3) is 0 Å². The number of hydrogen-bond donors (Lipinski definition) is 3. The van der Waals surface area contributed by atoms with Crippen molar-refractivity contribution in [3.63, 3.8) is 0 Å². The van der Waals surface area contributed by atoms with E-state index >= 15 is 0 Å². The second kappa shape index (κ2) is 4.96. The predicted molar refractivity (Wildman–Crippen MR) is 68.2 cm³/mol. The topological polar surface area (TPSA) is 52.5 Å². The molecule has 0 aromatic heterocycles. The quantitative estimate of drug-likeness (QED) is 0.730. The Balaban J connectivity index is 2.16. The zero-order valence-electron chi connectivity index (χ0n) is 9.94. The molecular weight excluding hydrogens is 233 g/mol. The van der Waals surface area contributed by atoms with E-state index in [-0.39, 0.29) is 17.3 Å². The van der Waals surface area contributed by atoms with E-state index < -0.39 is 0 Å². The highest BCUT2D eigenvalue weighted by Crippen LogP contribution is 2.29. The number of anilines is 1. The third kappa shape index (κ3) is 2.53. The number of halogens is 1. The molecule has 0 atom stereocenters. The van der Waals surface area contributed by atoms with Gasteiger partial charge >= 0.3 is 0 Å². The third-order valence-corrected chi connectivity index (χ3v) is 2.77. The fraction of sp³-hybridized carbons (Fsp3) is 0.143. The molecule has 3 N–H and O–H groups in total. The van der Waals surface area contributed by atoms with Crippen molar-refractivity contribution in [1.82, 2.24) is 0 Å². The first-order valence-corrected chi connectivity index (χ1v) is 5.58. The van der Waals surface area contributed by atoms with Crippen LogP contribution in [0.4, 0.5) is 10.1 Å². The van der Waals surface area contributed by atoms with Crippen molar-refractivity contribution in [3.8, 4) is 11.5 Å². The summed E-state index contributed by atoms with van der Waals surface area (Å²) in [6.45, 7) is 2.18. The maximum absolute atomic E-state index is 13.1. The van der Waals surface area contributed by atoms with Gasteiger partial charge in [0.15, 0.2) is 11.5 Å². The summed E-state index contributed by atoms with van der Waals surface area (Å²) in [7, 11) is 0. The summed E-state index contributed by atoms with van der Waals surface area (Å²) in [6.07, 6.45) is 0. The number of aryl methyl sites for hydroxylation is 1. The van der Waals surface area contributed by atoms with Gasteiger partial charge in [0.05, 0.1) is 0 Å². The molecule has 2 rings (SSSR count). The normalized spacial score (nSPS) is 10.3. The molecule has 0 unspecified atom stereocenters. The largest absolute Gasteiger partial charge is 0.504 e. The Bertz CT molecular complexity index is 568. The van der Waals surface area contributed by atoms with Gasteiger partial charge in [-0.3, -0.25) is 0 Å². The molecule has 0 heterocycles. The Morgan fingerprint density at radius 2 is 1.94 bits per heavy atom. The lowest BCUT2D eigenvalue weighted by molar-refractivity contribution is 0.400. The average molecular weight is 247 g/mol. The maximum atomic E-state index is 13.1. The van der Waals surface area contributed by atoms with Gasteiger partial charge in [-0.2, -0.15) is 0 Å². The lowest BCUT2D eigenvalue weighted by Gasteiger charge is -2.11. The lowest BCUT2D eigenvalue weighted by atomic mass is 10.1. The van der Waals surface area contributed by atoms with Crippen LogP contribution in [0, 0.1) is 12.7 Å². The molecule has 0 aliphatic carbocycles. The molecule has 94 valence electrons. The van der Waals surface area contributed by atoms with Crippen molar-refractivity contribution in [2.45, 2.75) is 13.5 Å². The second-order valence-electron chi connectivity index (χ2n) is 4.10. The van der Waals surface area contributed by atoms with Crippen LogP contribution < -0.4 is 5.32 Å². The average Bonchev–Trinajstić information content (AvgIpc) is 2.35. The van der Waals surface area contributed by atoms with Crippen molar-refractivity contribution in [1.29, 1.82) is 0 Å². The first-order valence-electron chi connectivity index (χ1n) is 5.58. The predicted octanol–water partition coefficient (Wildman–Crippen LogP) is 3.16. The van der Waals surface area contributed by atoms with Gasteiger partial charge in [-0.15, -0.1) is 0 Å². The Hall–Kier alpha value is -2.23. The zero-order valence-corrected chi connectivity index (χ0v) is 9.94. The van der Waals surface area contributed by atoms with Crippen molar-refractivity contribution in [2.75, 3.05) is 5.32 Å². The van der Waals surface area contributed by atoms with Crippen LogP contribution in [0.2, 0.25) is 0 Å². The number of para-hydroxylation sites is 1. The Labute approximate surface area is 105 Å². The highest BCUT2D eigenvalue weighted by molar-refractivity contribution is 5.52. The SMILES string of the molecule is Cc1ccc(F)cc1NCc1cccc(O)c1O. The monoisotopic (exact) mass is 247 g/mol. The third-order valence-electron chi connectivity index (χ3n) is 2.77. The molecule has 0 aliphatic heterocycles. The molecule has 0 amide bonds.